The van der Waals surface area contributed by atoms with Crippen LogP contribution >= 0.6 is 22.9 Å². The summed E-state index contributed by atoms with van der Waals surface area (Å²) in [5.74, 6) is 0.508. The minimum atomic E-state index is -0.535. The third-order valence-electron chi connectivity index (χ3n) is 3.65. The molecule has 0 fully saturated rings. The highest BCUT2D eigenvalue weighted by molar-refractivity contribution is 7.21. The number of ether oxygens (including phenoxy) is 1. The Bertz CT molecular complexity index is 1220. The molecule has 10 heteroatoms. The lowest BCUT2D eigenvalue weighted by atomic mass is 10.2. The van der Waals surface area contributed by atoms with Gasteiger partial charge in [0.15, 0.2) is 10.3 Å². The molecule has 2 heterocycles. The molecule has 0 saturated carbocycles. The number of nitrogens with zero attached hydrogens (tertiary/aromatic N) is 3. The maximum atomic E-state index is 11.8. The Balaban J connectivity index is 1.75. The van der Waals surface area contributed by atoms with Crippen molar-refractivity contribution in [3.63, 3.8) is 0 Å². The molecule has 2 aromatic heterocycles. The van der Waals surface area contributed by atoms with E-state index < -0.39 is 4.92 Å². The molecule has 8 nitrogen and oxygen atoms in total. The van der Waals surface area contributed by atoms with Crippen LogP contribution in [0, 0.1) is 10.1 Å². The van der Waals surface area contributed by atoms with Crippen LogP contribution in [-0.2, 0) is 0 Å². The van der Waals surface area contributed by atoms with Crippen LogP contribution in [0.1, 0.15) is 0 Å². The average Bonchev–Trinajstić information content (AvgIpc) is 3.09. The van der Waals surface area contributed by atoms with Crippen LogP contribution in [0.4, 0.5) is 5.69 Å². The van der Waals surface area contributed by atoms with Crippen LogP contribution in [0.5, 0.6) is 11.5 Å². The second-order valence-electron chi connectivity index (χ2n) is 5.40. The smallest absolute Gasteiger partial charge is 0.312 e. The third-order valence-corrected chi connectivity index (χ3v) is 4.91. The van der Waals surface area contributed by atoms with E-state index in [-0.39, 0.29) is 22.5 Å². The van der Waals surface area contributed by atoms with Crippen molar-refractivity contribution >= 4 is 39.0 Å². The molecule has 0 aliphatic heterocycles. The van der Waals surface area contributed by atoms with Crippen molar-refractivity contribution in [1.29, 1.82) is 0 Å². The zero-order chi connectivity index (χ0) is 19.0. The van der Waals surface area contributed by atoms with Crippen LogP contribution in [0.25, 0.3) is 20.9 Å². The highest BCUT2D eigenvalue weighted by Gasteiger charge is 2.19. The number of aromatic nitrogens is 3. The molecule has 0 spiro atoms. The van der Waals surface area contributed by atoms with Crippen molar-refractivity contribution in [3.05, 3.63) is 74.3 Å². The Morgan fingerprint density at radius 2 is 1.96 bits per heavy atom. The lowest BCUT2D eigenvalue weighted by molar-refractivity contribution is -0.385. The van der Waals surface area contributed by atoms with E-state index in [2.05, 4.69) is 15.0 Å². The number of hydrogen-bond acceptors (Lipinski definition) is 7. The van der Waals surface area contributed by atoms with Crippen molar-refractivity contribution < 1.29 is 9.66 Å². The number of fused-ring (bicyclic) bond motifs is 1. The van der Waals surface area contributed by atoms with E-state index in [9.17, 15) is 14.9 Å². The number of aromatic amines is 1. The predicted octanol–water partition coefficient (Wildman–Crippen LogP) is 4.40. The SMILES string of the molecule is O=c1[nH]cnc2sc(-c3ccc(Oc4ccc(Cl)cc4)c([N+](=O)[O-])c3)nc12. The maximum Gasteiger partial charge on any atom is 0.312 e. The molecule has 1 N–H and O–H groups in total. The van der Waals surface area contributed by atoms with Gasteiger partial charge in [-0.3, -0.25) is 14.9 Å². The maximum absolute atomic E-state index is 11.8. The molecule has 0 radical (unpaired) electrons. The topological polar surface area (TPSA) is 111 Å². The fourth-order valence-electron chi connectivity index (χ4n) is 2.40. The summed E-state index contributed by atoms with van der Waals surface area (Å²) < 4.78 is 5.61. The molecular weight excluding hydrogens is 392 g/mol. The van der Waals surface area contributed by atoms with Gasteiger partial charge in [-0.25, -0.2) is 9.97 Å². The molecule has 4 rings (SSSR count). The number of hydrogen-bond donors (Lipinski definition) is 1. The summed E-state index contributed by atoms with van der Waals surface area (Å²) in [6.45, 7) is 0. The van der Waals surface area contributed by atoms with Crippen molar-refractivity contribution in [1.82, 2.24) is 15.0 Å². The largest absolute Gasteiger partial charge is 0.450 e. The first-order valence-corrected chi connectivity index (χ1v) is 8.77. The second kappa shape index (κ2) is 6.78. The van der Waals surface area contributed by atoms with Gasteiger partial charge in [0.2, 0.25) is 5.75 Å². The fourth-order valence-corrected chi connectivity index (χ4v) is 3.43. The molecule has 134 valence electrons. The molecule has 0 atom stereocenters. The Morgan fingerprint density at radius 3 is 2.67 bits per heavy atom. The number of H-pyrrole nitrogens is 1. The number of thiazole rings is 1. The highest BCUT2D eigenvalue weighted by Crippen LogP contribution is 2.37. The lowest BCUT2D eigenvalue weighted by Gasteiger charge is -2.07. The number of halogens is 1. The second-order valence-corrected chi connectivity index (χ2v) is 6.81. The zero-order valence-corrected chi connectivity index (χ0v) is 15.0. The van der Waals surface area contributed by atoms with Gasteiger partial charge in [0.25, 0.3) is 5.56 Å². The zero-order valence-electron chi connectivity index (χ0n) is 13.4. The normalized spacial score (nSPS) is 10.9. The van der Waals surface area contributed by atoms with Crippen LogP contribution < -0.4 is 10.3 Å². The van der Waals surface area contributed by atoms with E-state index in [4.69, 9.17) is 16.3 Å². The van der Waals surface area contributed by atoms with Crippen LogP contribution in [0.2, 0.25) is 5.02 Å². The van der Waals surface area contributed by atoms with Crippen molar-refractivity contribution in [2.24, 2.45) is 0 Å². The fraction of sp³-hybridized carbons (Fsp3) is 0. The van der Waals surface area contributed by atoms with Crippen molar-refractivity contribution in [2.45, 2.75) is 0 Å². The summed E-state index contributed by atoms with van der Waals surface area (Å²) in [6.07, 6.45) is 1.29. The average molecular weight is 401 g/mol. The van der Waals surface area contributed by atoms with E-state index in [0.717, 1.165) is 0 Å². The van der Waals surface area contributed by atoms with Gasteiger partial charge >= 0.3 is 5.69 Å². The Morgan fingerprint density at radius 1 is 1.19 bits per heavy atom. The van der Waals surface area contributed by atoms with E-state index in [1.54, 1.807) is 30.3 Å². The molecule has 0 unspecified atom stereocenters. The van der Waals surface area contributed by atoms with Crippen molar-refractivity contribution in [2.75, 3.05) is 0 Å². The molecular formula is C17H9ClN4O4S. The van der Waals surface area contributed by atoms with Gasteiger partial charge in [0.05, 0.1) is 11.3 Å². The quantitative estimate of drug-likeness (QED) is 0.401. The molecule has 0 saturated heterocycles. The molecule has 0 bridgehead atoms. The van der Waals surface area contributed by atoms with Crippen LogP contribution in [0.15, 0.2) is 53.6 Å². The number of benzene rings is 2. The molecule has 0 aliphatic rings. The van der Waals surface area contributed by atoms with E-state index >= 15 is 0 Å². The van der Waals surface area contributed by atoms with E-state index in [1.165, 1.54) is 29.8 Å². The van der Waals surface area contributed by atoms with E-state index in [0.29, 0.717) is 26.2 Å². The monoisotopic (exact) mass is 400 g/mol. The molecule has 0 amide bonds. The van der Waals surface area contributed by atoms with Gasteiger partial charge in [-0.2, -0.15) is 0 Å². The summed E-state index contributed by atoms with van der Waals surface area (Å²) in [5, 5.41) is 12.5. The predicted molar refractivity (Wildman–Crippen MR) is 102 cm³/mol. The first-order valence-electron chi connectivity index (χ1n) is 7.58. The lowest BCUT2D eigenvalue weighted by Crippen LogP contribution is -2.05. The van der Waals surface area contributed by atoms with Gasteiger partial charge in [-0.05, 0) is 36.4 Å². The van der Waals surface area contributed by atoms with Crippen LogP contribution in [0.3, 0.4) is 0 Å². The number of nitrogens with one attached hydrogen (secondary N) is 1. The number of nitro groups is 1. The van der Waals surface area contributed by atoms with Gasteiger partial charge < -0.3 is 9.72 Å². The third kappa shape index (κ3) is 3.37. The van der Waals surface area contributed by atoms with Gasteiger partial charge in [-0.1, -0.05) is 22.9 Å². The van der Waals surface area contributed by atoms with E-state index in [1.807, 2.05) is 0 Å². The summed E-state index contributed by atoms with van der Waals surface area (Å²) >= 11 is 7.01. The molecule has 2 aromatic carbocycles. The number of rotatable bonds is 4. The first kappa shape index (κ1) is 17.1. The number of nitro benzene ring substituents is 1. The van der Waals surface area contributed by atoms with Gasteiger partial charge in [0.1, 0.15) is 10.8 Å². The van der Waals surface area contributed by atoms with Crippen molar-refractivity contribution in [3.8, 4) is 22.1 Å². The molecule has 0 aliphatic carbocycles. The molecule has 27 heavy (non-hydrogen) atoms. The highest BCUT2D eigenvalue weighted by atomic mass is 35.5. The van der Waals surface area contributed by atoms with Crippen LogP contribution in [-0.4, -0.2) is 19.9 Å². The summed E-state index contributed by atoms with van der Waals surface area (Å²) in [5.41, 5.74) is 0.109. The Kier molecular flexibility index (Phi) is 4.30. The summed E-state index contributed by atoms with van der Waals surface area (Å²) in [7, 11) is 0. The first-order chi connectivity index (χ1) is 13.0. The Labute approximate surface area is 160 Å². The minimum Gasteiger partial charge on any atom is -0.450 e. The summed E-state index contributed by atoms with van der Waals surface area (Å²) in [4.78, 5) is 34.0. The standard InChI is InChI=1S/C17H9ClN4O4S/c18-10-2-4-11(5-3-10)26-13-6-1-9(7-12(13)22(24)25)16-21-14-15(23)19-8-20-17(14)27-16/h1-8H,(H,19,20,23). The Hall–Kier alpha value is -3.30. The van der Waals surface area contributed by atoms with Gasteiger partial charge in [-0.15, -0.1) is 0 Å². The molecule has 4 aromatic rings. The minimum absolute atomic E-state index is 0.0863. The summed E-state index contributed by atoms with van der Waals surface area (Å²) in [6, 6.07) is 11.0. The van der Waals surface area contributed by atoms with Gasteiger partial charge in [0, 0.05) is 16.7 Å².